The third-order valence-corrected chi connectivity index (χ3v) is 5.18. The Morgan fingerprint density at radius 3 is 2.35 bits per heavy atom. The lowest BCUT2D eigenvalue weighted by Crippen LogP contribution is -2.28. The Hall–Kier alpha value is -3.86. The number of esters is 1. The largest absolute Gasteiger partial charge is 0.484 e. The molecule has 0 aliphatic rings. The molecule has 34 heavy (non-hydrogen) atoms. The predicted molar refractivity (Wildman–Crippen MR) is 118 cm³/mol. The first-order valence-electron chi connectivity index (χ1n) is 9.87. The molecule has 2 amide bonds. The van der Waals surface area contributed by atoms with Gasteiger partial charge in [0.05, 0.1) is 17.7 Å². The van der Waals surface area contributed by atoms with Gasteiger partial charge >= 0.3 is 12.1 Å². The van der Waals surface area contributed by atoms with Crippen LogP contribution in [-0.2, 0) is 27.0 Å². The number of rotatable bonds is 9. The quantitative estimate of drug-likeness (QED) is 0.436. The van der Waals surface area contributed by atoms with E-state index in [1.807, 2.05) is 17.5 Å². The normalized spacial score (nSPS) is 10.9. The third-order valence-electron chi connectivity index (χ3n) is 4.31. The Morgan fingerprint density at radius 1 is 0.912 bits per heavy atom. The van der Waals surface area contributed by atoms with Crippen LogP contribution in [-0.4, -0.2) is 31.0 Å². The summed E-state index contributed by atoms with van der Waals surface area (Å²) in [7, 11) is 0. The van der Waals surface area contributed by atoms with Gasteiger partial charge in [0.15, 0.2) is 13.2 Å². The van der Waals surface area contributed by atoms with Crippen molar-refractivity contribution in [3.63, 3.8) is 0 Å². The van der Waals surface area contributed by atoms with Gasteiger partial charge in [-0.15, -0.1) is 11.3 Å². The van der Waals surface area contributed by atoms with Crippen molar-refractivity contribution in [3.05, 3.63) is 82.0 Å². The maximum absolute atomic E-state index is 12.7. The van der Waals surface area contributed by atoms with Crippen LogP contribution in [0.1, 0.15) is 20.8 Å². The second-order valence-corrected chi connectivity index (χ2v) is 7.90. The van der Waals surface area contributed by atoms with Crippen molar-refractivity contribution in [2.45, 2.75) is 12.7 Å². The van der Waals surface area contributed by atoms with Gasteiger partial charge in [-0.2, -0.15) is 13.2 Å². The smallest absolute Gasteiger partial charge is 0.416 e. The highest BCUT2D eigenvalue weighted by atomic mass is 32.1. The topological polar surface area (TPSA) is 93.7 Å². The lowest BCUT2D eigenvalue weighted by atomic mass is 10.2. The van der Waals surface area contributed by atoms with Gasteiger partial charge < -0.3 is 20.1 Å². The molecule has 0 bridgehead atoms. The van der Waals surface area contributed by atoms with E-state index in [1.54, 1.807) is 0 Å². The number of hydrogen-bond acceptors (Lipinski definition) is 6. The minimum absolute atomic E-state index is 0.0130. The molecular formula is C23H19F3N2O5S. The van der Waals surface area contributed by atoms with Crippen LogP contribution in [0.2, 0.25) is 0 Å². The zero-order valence-corrected chi connectivity index (χ0v) is 18.4. The number of hydrogen-bond donors (Lipinski definition) is 2. The fourth-order valence-corrected chi connectivity index (χ4v) is 3.32. The maximum Gasteiger partial charge on any atom is 0.416 e. The zero-order chi connectivity index (χ0) is 24.6. The van der Waals surface area contributed by atoms with E-state index >= 15 is 0 Å². The molecule has 1 heterocycles. The minimum Gasteiger partial charge on any atom is -0.484 e. The fraction of sp³-hybridized carbons (Fsp3) is 0.174. The molecule has 0 aliphatic heterocycles. The first-order valence-corrected chi connectivity index (χ1v) is 10.7. The molecule has 0 aliphatic carbocycles. The number of alkyl halides is 3. The summed E-state index contributed by atoms with van der Waals surface area (Å²) >= 11 is 1.49. The molecule has 3 rings (SSSR count). The summed E-state index contributed by atoms with van der Waals surface area (Å²) in [5, 5.41) is 6.85. The number of carbonyl (C=O) groups excluding carboxylic acids is 3. The molecule has 0 spiro atoms. The molecule has 0 fully saturated rings. The van der Waals surface area contributed by atoms with Gasteiger partial charge in [-0.3, -0.25) is 9.59 Å². The molecule has 1 aromatic heterocycles. The summed E-state index contributed by atoms with van der Waals surface area (Å²) < 4.78 is 48.5. The lowest BCUT2D eigenvalue weighted by Gasteiger charge is -2.11. The number of anilines is 1. The van der Waals surface area contributed by atoms with Crippen LogP contribution in [0.3, 0.4) is 0 Å². The Labute approximate surface area is 196 Å². The lowest BCUT2D eigenvalue weighted by molar-refractivity contribution is -0.137. The summed E-state index contributed by atoms with van der Waals surface area (Å²) in [5.74, 6) is -1.55. The van der Waals surface area contributed by atoms with Crippen molar-refractivity contribution in [1.82, 2.24) is 5.32 Å². The molecule has 3 aromatic rings. The molecule has 0 unspecified atom stereocenters. The van der Waals surface area contributed by atoms with E-state index in [0.29, 0.717) is 6.54 Å². The number of nitrogens with one attached hydrogen (secondary N) is 2. The second kappa shape index (κ2) is 11.3. The van der Waals surface area contributed by atoms with Crippen LogP contribution in [0.4, 0.5) is 18.9 Å². The number of amides is 2. The molecule has 0 saturated heterocycles. The van der Waals surface area contributed by atoms with Crippen LogP contribution in [0.5, 0.6) is 5.75 Å². The van der Waals surface area contributed by atoms with Crippen molar-refractivity contribution in [2.75, 3.05) is 18.5 Å². The molecule has 2 N–H and O–H groups in total. The number of benzene rings is 2. The van der Waals surface area contributed by atoms with Gasteiger partial charge in [0.1, 0.15) is 5.75 Å². The van der Waals surface area contributed by atoms with Crippen LogP contribution in [0.25, 0.3) is 0 Å². The summed E-state index contributed by atoms with van der Waals surface area (Å²) in [6, 6.07) is 13.6. The number of thiophene rings is 1. The number of halogens is 3. The highest BCUT2D eigenvalue weighted by Gasteiger charge is 2.30. The van der Waals surface area contributed by atoms with E-state index in [-0.39, 0.29) is 17.0 Å². The molecule has 7 nitrogen and oxygen atoms in total. The van der Waals surface area contributed by atoms with Gasteiger partial charge in [-0.1, -0.05) is 12.1 Å². The molecule has 2 aromatic carbocycles. The average molecular weight is 492 g/mol. The Bertz CT molecular complexity index is 1130. The van der Waals surface area contributed by atoms with Crippen molar-refractivity contribution in [3.8, 4) is 5.75 Å². The molecule has 11 heteroatoms. The van der Waals surface area contributed by atoms with Gasteiger partial charge in [0.25, 0.3) is 11.8 Å². The zero-order valence-electron chi connectivity index (χ0n) is 17.6. The average Bonchev–Trinajstić information content (AvgIpc) is 3.33. The molecule has 0 atom stereocenters. The SMILES string of the molecule is O=C(COC(=O)c1ccc(OCC(=O)Nc2cccc(C(F)(F)F)c2)cc1)NCc1cccs1. The van der Waals surface area contributed by atoms with Gasteiger partial charge in [0, 0.05) is 10.6 Å². The molecule has 0 saturated carbocycles. The third kappa shape index (κ3) is 7.62. The molecule has 178 valence electrons. The number of carbonyl (C=O) groups is 3. The minimum atomic E-state index is -4.52. The van der Waals surface area contributed by atoms with Crippen molar-refractivity contribution in [2.24, 2.45) is 0 Å². The first-order chi connectivity index (χ1) is 16.2. The predicted octanol–water partition coefficient (Wildman–Crippen LogP) is 4.26. The Kier molecular flexibility index (Phi) is 8.25. The Balaban J connectivity index is 1.42. The van der Waals surface area contributed by atoms with Gasteiger partial charge in [0.2, 0.25) is 0 Å². The molecule has 0 radical (unpaired) electrons. The van der Waals surface area contributed by atoms with Crippen LogP contribution < -0.4 is 15.4 Å². The van der Waals surface area contributed by atoms with E-state index in [2.05, 4.69) is 10.6 Å². The second-order valence-electron chi connectivity index (χ2n) is 6.87. The maximum atomic E-state index is 12.7. The first kappa shape index (κ1) is 24.8. The van der Waals surface area contributed by atoms with Crippen molar-refractivity contribution in [1.29, 1.82) is 0 Å². The summed E-state index contributed by atoms with van der Waals surface area (Å²) in [5.41, 5.74) is -0.721. The van der Waals surface area contributed by atoms with Gasteiger partial charge in [-0.25, -0.2) is 4.79 Å². The molecular weight excluding hydrogens is 473 g/mol. The monoisotopic (exact) mass is 492 g/mol. The van der Waals surface area contributed by atoms with Gasteiger partial charge in [-0.05, 0) is 53.9 Å². The van der Waals surface area contributed by atoms with Crippen LogP contribution in [0, 0.1) is 0 Å². The highest BCUT2D eigenvalue weighted by molar-refractivity contribution is 7.09. The van der Waals surface area contributed by atoms with E-state index in [4.69, 9.17) is 9.47 Å². The highest BCUT2D eigenvalue weighted by Crippen LogP contribution is 2.30. The summed E-state index contributed by atoms with van der Waals surface area (Å²) in [6.45, 7) is -0.538. The van der Waals surface area contributed by atoms with E-state index in [1.165, 1.54) is 47.7 Å². The van der Waals surface area contributed by atoms with Crippen LogP contribution in [0.15, 0.2) is 66.0 Å². The summed E-state index contributed by atoms with van der Waals surface area (Å²) in [4.78, 5) is 36.8. The van der Waals surface area contributed by atoms with E-state index in [9.17, 15) is 27.6 Å². The van der Waals surface area contributed by atoms with Crippen molar-refractivity contribution >= 4 is 34.8 Å². The standard InChI is InChI=1S/C23H19F3N2O5S/c24-23(25,26)16-3-1-4-17(11-16)28-21(30)14-32-18-8-6-15(7-9-18)22(31)33-13-20(29)27-12-19-5-2-10-34-19/h1-11H,12-14H2,(H,27,29)(H,28,30). The fourth-order valence-electron chi connectivity index (χ4n) is 2.67. The van der Waals surface area contributed by atoms with E-state index < -0.39 is 42.7 Å². The van der Waals surface area contributed by atoms with E-state index in [0.717, 1.165) is 17.0 Å². The summed E-state index contributed by atoms with van der Waals surface area (Å²) in [6.07, 6.45) is -4.52. The Morgan fingerprint density at radius 2 is 1.68 bits per heavy atom. The number of ether oxygens (including phenoxy) is 2. The van der Waals surface area contributed by atoms with Crippen molar-refractivity contribution < 1.29 is 37.0 Å². The van der Waals surface area contributed by atoms with Crippen LogP contribution >= 0.6 is 11.3 Å².